The molecule has 20 heavy (non-hydrogen) atoms. The van der Waals surface area contributed by atoms with Gasteiger partial charge in [-0.05, 0) is 31.6 Å². The number of carbonyl (C=O) groups excluding carboxylic acids is 1. The van der Waals surface area contributed by atoms with E-state index in [1.165, 1.54) is 0 Å². The topological polar surface area (TPSA) is 78.4 Å². The molecule has 0 aromatic rings. The van der Waals surface area contributed by atoms with Crippen molar-refractivity contribution in [2.45, 2.75) is 59.9 Å². The quantitative estimate of drug-likeness (QED) is 0.610. The van der Waals surface area contributed by atoms with E-state index in [1.807, 2.05) is 20.8 Å². The van der Waals surface area contributed by atoms with E-state index in [0.29, 0.717) is 18.3 Å². The zero-order chi connectivity index (χ0) is 15.7. The Morgan fingerprint density at radius 1 is 1.10 bits per heavy atom. The molecular formula is C15H30N2O3. The number of amides is 2. The molecule has 5 nitrogen and oxygen atoms in total. The molecular weight excluding hydrogens is 256 g/mol. The summed E-state index contributed by atoms with van der Waals surface area (Å²) in [6.45, 7) is 10.4. The largest absolute Gasteiger partial charge is 0.481 e. The molecule has 0 spiro atoms. The summed E-state index contributed by atoms with van der Waals surface area (Å²) in [4.78, 5) is 22.8. The van der Waals surface area contributed by atoms with E-state index in [2.05, 4.69) is 24.5 Å². The summed E-state index contributed by atoms with van der Waals surface area (Å²) in [7, 11) is 0. The van der Waals surface area contributed by atoms with Crippen molar-refractivity contribution < 1.29 is 14.7 Å². The Morgan fingerprint density at radius 3 is 2.15 bits per heavy atom. The lowest BCUT2D eigenvalue weighted by Gasteiger charge is -2.19. The van der Waals surface area contributed by atoms with E-state index in [0.717, 1.165) is 12.8 Å². The first-order valence-electron chi connectivity index (χ1n) is 7.53. The van der Waals surface area contributed by atoms with Crippen LogP contribution in [0.25, 0.3) is 0 Å². The van der Waals surface area contributed by atoms with Gasteiger partial charge in [0.05, 0.1) is 5.92 Å². The second-order valence-electron chi connectivity index (χ2n) is 6.17. The van der Waals surface area contributed by atoms with Gasteiger partial charge in [0.1, 0.15) is 0 Å². The number of nitrogens with one attached hydrogen (secondary N) is 2. The van der Waals surface area contributed by atoms with Gasteiger partial charge in [-0.2, -0.15) is 0 Å². The number of aliphatic carboxylic acids is 1. The second kappa shape index (κ2) is 9.61. The van der Waals surface area contributed by atoms with Crippen LogP contribution in [0.4, 0.5) is 4.79 Å². The molecule has 5 heteroatoms. The van der Waals surface area contributed by atoms with Gasteiger partial charge in [-0.15, -0.1) is 0 Å². The Kier molecular flexibility index (Phi) is 9.01. The van der Waals surface area contributed by atoms with Crippen molar-refractivity contribution in [1.82, 2.24) is 10.6 Å². The zero-order valence-electron chi connectivity index (χ0n) is 13.4. The van der Waals surface area contributed by atoms with E-state index in [-0.39, 0.29) is 18.6 Å². The summed E-state index contributed by atoms with van der Waals surface area (Å²) in [5.41, 5.74) is 0. The minimum absolute atomic E-state index is 0.0957. The van der Waals surface area contributed by atoms with Crippen molar-refractivity contribution in [2.75, 3.05) is 6.54 Å². The third kappa shape index (κ3) is 8.77. The Bertz CT molecular complexity index is 305. The summed E-state index contributed by atoms with van der Waals surface area (Å²) in [6.07, 6.45) is 2.58. The number of urea groups is 1. The maximum Gasteiger partial charge on any atom is 0.315 e. The number of hydrogen-bond donors (Lipinski definition) is 3. The van der Waals surface area contributed by atoms with Gasteiger partial charge in [0, 0.05) is 12.6 Å². The molecule has 3 N–H and O–H groups in total. The van der Waals surface area contributed by atoms with Crippen molar-refractivity contribution in [3.05, 3.63) is 0 Å². The predicted octanol–water partition coefficient (Wildman–Crippen LogP) is 2.86. The molecule has 0 rings (SSSR count). The van der Waals surface area contributed by atoms with Crippen LogP contribution < -0.4 is 10.6 Å². The van der Waals surface area contributed by atoms with E-state index < -0.39 is 11.9 Å². The first-order chi connectivity index (χ1) is 9.26. The Labute approximate surface area is 122 Å². The SMILES string of the molecule is CCC(C)CC(C)NC(=O)NCC(CC(C)C)C(=O)O. The molecule has 2 amide bonds. The molecule has 0 fully saturated rings. The highest BCUT2D eigenvalue weighted by atomic mass is 16.4. The van der Waals surface area contributed by atoms with Crippen LogP contribution in [0.5, 0.6) is 0 Å². The molecule has 0 heterocycles. The summed E-state index contributed by atoms with van der Waals surface area (Å²) in [5.74, 6) is -0.513. The molecule has 0 aliphatic rings. The fraction of sp³-hybridized carbons (Fsp3) is 0.867. The third-order valence-electron chi connectivity index (χ3n) is 3.44. The first-order valence-corrected chi connectivity index (χ1v) is 7.53. The van der Waals surface area contributed by atoms with E-state index in [1.54, 1.807) is 0 Å². The highest BCUT2D eigenvalue weighted by Gasteiger charge is 2.20. The number of rotatable bonds is 9. The Morgan fingerprint density at radius 2 is 1.70 bits per heavy atom. The minimum atomic E-state index is -0.855. The summed E-state index contributed by atoms with van der Waals surface area (Å²) in [5, 5.41) is 14.6. The van der Waals surface area contributed by atoms with Crippen LogP contribution in [0.2, 0.25) is 0 Å². The van der Waals surface area contributed by atoms with Crippen molar-refractivity contribution >= 4 is 12.0 Å². The zero-order valence-corrected chi connectivity index (χ0v) is 13.4. The smallest absolute Gasteiger partial charge is 0.315 e. The van der Waals surface area contributed by atoms with Gasteiger partial charge in [0.2, 0.25) is 0 Å². The van der Waals surface area contributed by atoms with Gasteiger partial charge in [-0.1, -0.05) is 34.1 Å². The van der Waals surface area contributed by atoms with Crippen LogP contribution in [0.3, 0.4) is 0 Å². The van der Waals surface area contributed by atoms with Crippen molar-refractivity contribution in [2.24, 2.45) is 17.8 Å². The molecule has 3 unspecified atom stereocenters. The Balaban J connectivity index is 4.09. The van der Waals surface area contributed by atoms with Gasteiger partial charge in [-0.3, -0.25) is 4.79 Å². The van der Waals surface area contributed by atoms with Crippen LogP contribution in [-0.4, -0.2) is 29.7 Å². The van der Waals surface area contributed by atoms with E-state index in [4.69, 9.17) is 5.11 Å². The normalized spacial score (nSPS) is 15.5. The average molecular weight is 286 g/mol. The summed E-state index contributed by atoms with van der Waals surface area (Å²) in [6, 6.07) is -0.186. The van der Waals surface area contributed by atoms with Crippen molar-refractivity contribution in [1.29, 1.82) is 0 Å². The predicted molar refractivity (Wildman–Crippen MR) is 80.6 cm³/mol. The molecule has 0 radical (unpaired) electrons. The van der Waals surface area contributed by atoms with E-state index in [9.17, 15) is 9.59 Å². The maximum absolute atomic E-state index is 11.7. The maximum atomic E-state index is 11.7. The van der Waals surface area contributed by atoms with Crippen molar-refractivity contribution in [3.63, 3.8) is 0 Å². The molecule has 0 aliphatic carbocycles. The number of carboxylic acids is 1. The van der Waals surface area contributed by atoms with Gasteiger partial charge in [0.15, 0.2) is 0 Å². The lowest BCUT2D eigenvalue weighted by Crippen LogP contribution is -2.44. The molecule has 0 aliphatic heterocycles. The van der Waals surface area contributed by atoms with Crippen LogP contribution in [-0.2, 0) is 4.79 Å². The second-order valence-corrected chi connectivity index (χ2v) is 6.17. The molecule has 118 valence electrons. The van der Waals surface area contributed by atoms with Crippen LogP contribution >= 0.6 is 0 Å². The van der Waals surface area contributed by atoms with Crippen LogP contribution in [0, 0.1) is 17.8 Å². The molecule has 0 aromatic carbocycles. The summed E-state index contributed by atoms with van der Waals surface area (Å²) < 4.78 is 0. The number of carbonyl (C=O) groups is 2. The minimum Gasteiger partial charge on any atom is -0.481 e. The third-order valence-corrected chi connectivity index (χ3v) is 3.44. The van der Waals surface area contributed by atoms with E-state index >= 15 is 0 Å². The monoisotopic (exact) mass is 286 g/mol. The van der Waals surface area contributed by atoms with Gasteiger partial charge in [-0.25, -0.2) is 4.79 Å². The highest BCUT2D eigenvalue weighted by molar-refractivity contribution is 5.76. The number of hydrogen-bond acceptors (Lipinski definition) is 2. The Hall–Kier alpha value is -1.26. The van der Waals surface area contributed by atoms with Crippen LogP contribution in [0.1, 0.15) is 53.9 Å². The van der Waals surface area contributed by atoms with Gasteiger partial charge >= 0.3 is 12.0 Å². The molecule has 0 bridgehead atoms. The fourth-order valence-electron chi connectivity index (χ4n) is 2.16. The molecule has 3 atom stereocenters. The fourth-order valence-corrected chi connectivity index (χ4v) is 2.16. The molecule has 0 aromatic heterocycles. The average Bonchev–Trinajstić information content (AvgIpc) is 2.33. The van der Waals surface area contributed by atoms with Crippen LogP contribution in [0.15, 0.2) is 0 Å². The summed E-state index contributed by atoms with van der Waals surface area (Å²) >= 11 is 0. The van der Waals surface area contributed by atoms with Gasteiger partial charge < -0.3 is 15.7 Å². The first kappa shape index (κ1) is 18.7. The van der Waals surface area contributed by atoms with Crippen molar-refractivity contribution in [3.8, 4) is 0 Å². The molecule has 0 saturated heterocycles. The number of carboxylic acid groups (broad SMARTS) is 1. The lowest BCUT2D eigenvalue weighted by molar-refractivity contribution is -0.142. The lowest BCUT2D eigenvalue weighted by atomic mass is 9.97. The van der Waals surface area contributed by atoms with Gasteiger partial charge in [0.25, 0.3) is 0 Å². The standard InChI is InChI=1S/C15H30N2O3/c1-6-11(4)8-12(5)17-15(20)16-9-13(14(18)19)7-10(2)3/h10-13H,6-9H2,1-5H3,(H,18,19)(H2,16,17,20). The highest BCUT2D eigenvalue weighted by Crippen LogP contribution is 2.11. The molecule has 0 saturated carbocycles.